The van der Waals surface area contributed by atoms with Crippen LogP contribution in [0.25, 0.3) is 0 Å². The molecule has 0 amide bonds. The van der Waals surface area contributed by atoms with Gasteiger partial charge in [-0.2, -0.15) is 10.1 Å². The molecule has 1 aliphatic heterocycles. The van der Waals surface area contributed by atoms with Crippen LogP contribution in [-0.2, 0) is 19.4 Å². The van der Waals surface area contributed by atoms with Gasteiger partial charge in [0.2, 0.25) is 5.82 Å². The fraction of sp³-hybridized carbons (Fsp3) is 0.429. The number of nitro groups is 1. The third-order valence-corrected chi connectivity index (χ3v) is 5.33. The molecule has 4 rings (SSSR count). The highest BCUT2D eigenvalue weighted by Gasteiger charge is 2.30. The summed E-state index contributed by atoms with van der Waals surface area (Å²) in [6.45, 7) is 4.10. The first-order valence-corrected chi connectivity index (χ1v) is 10.4. The SMILES string of the molecule is Cc1nc(OCCCCn2cncn2)c([N+](=O)[O-])c(N2CCc3ccccc3CC2)n1. The molecule has 0 spiro atoms. The van der Waals surface area contributed by atoms with Crippen molar-refractivity contribution in [1.29, 1.82) is 0 Å². The Morgan fingerprint density at radius 2 is 1.87 bits per heavy atom. The molecule has 2 aromatic heterocycles. The summed E-state index contributed by atoms with van der Waals surface area (Å²) in [5, 5.41) is 16.0. The number of nitrogens with zero attached hydrogens (tertiary/aromatic N) is 7. The van der Waals surface area contributed by atoms with Crippen LogP contribution in [-0.4, -0.2) is 49.4 Å². The van der Waals surface area contributed by atoms with Crippen LogP contribution in [0.3, 0.4) is 0 Å². The second kappa shape index (κ2) is 9.50. The van der Waals surface area contributed by atoms with E-state index in [4.69, 9.17) is 4.74 Å². The van der Waals surface area contributed by atoms with E-state index in [0.29, 0.717) is 44.3 Å². The summed E-state index contributed by atoms with van der Waals surface area (Å²) >= 11 is 0. The Hall–Kier alpha value is -3.56. The molecule has 10 nitrogen and oxygen atoms in total. The van der Waals surface area contributed by atoms with Crippen LogP contribution in [0.5, 0.6) is 5.88 Å². The van der Waals surface area contributed by atoms with Gasteiger partial charge < -0.3 is 9.64 Å². The number of fused-ring (bicyclic) bond motifs is 1. The zero-order chi connectivity index (χ0) is 21.6. The van der Waals surface area contributed by atoms with E-state index in [-0.39, 0.29) is 11.6 Å². The van der Waals surface area contributed by atoms with Gasteiger partial charge in [0.15, 0.2) is 0 Å². The molecule has 0 unspecified atom stereocenters. The van der Waals surface area contributed by atoms with Gasteiger partial charge in [-0.15, -0.1) is 0 Å². The lowest BCUT2D eigenvalue weighted by atomic mass is 10.0. The number of rotatable bonds is 8. The van der Waals surface area contributed by atoms with Gasteiger partial charge in [0.05, 0.1) is 11.5 Å². The second-order valence-electron chi connectivity index (χ2n) is 7.48. The number of hydrogen-bond acceptors (Lipinski definition) is 8. The Labute approximate surface area is 180 Å². The average molecular weight is 423 g/mol. The van der Waals surface area contributed by atoms with Crippen LogP contribution in [0.2, 0.25) is 0 Å². The van der Waals surface area contributed by atoms with Crippen molar-refractivity contribution in [3.8, 4) is 5.88 Å². The summed E-state index contributed by atoms with van der Waals surface area (Å²) in [6.07, 6.45) is 6.31. The molecule has 0 saturated carbocycles. The van der Waals surface area contributed by atoms with Gasteiger partial charge in [-0.25, -0.2) is 9.97 Å². The molecule has 3 heterocycles. The lowest BCUT2D eigenvalue weighted by Crippen LogP contribution is -2.28. The minimum absolute atomic E-state index is 0.0371. The highest BCUT2D eigenvalue weighted by Crippen LogP contribution is 2.35. The molecule has 0 fully saturated rings. The fourth-order valence-corrected chi connectivity index (χ4v) is 3.78. The molecule has 162 valence electrons. The van der Waals surface area contributed by atoms with Crippen LogP contribution in [0, 0.1) is 17.0 Å². The predicted molar refractivity (Wildman–Crippen MR) is 114 cm³/mol. The third-order valence-electron chi connectivity index (χ3n) is 5.33. The van der Waals surface area contributed by atoms with Gasteiger partial charge in [0.1, 0.15) is 18.5 Å². The van der Waals surface area contributed by atoms with Gasteiger partial charge >= 0.3 is 5.69 Å². The average Bonchev–Trinajstić information content (AvgIpc) is 3.18. The van der Waals surface area contributed by atoms with Gasteiger partial charge in [-0.3, -0.25) is 14.8 Å². The van der Waals surface area contributed by atoms with E-state index in [9.17, 15) is 10.1 Å². The number of aromatic nitrogens is 5. The summed E-state index contributed by atoms with van der Waals surface area (Å²) in [4.78, 5) is 26.1. The van der Waals surface area contributed by atoms with Crippen molar-refractivity contribution in [1.82, 2.24) is 24.7 Å². The smallest absolute Gasteiger partial charge is 0.372 e. The lowest BCUT2D eigenvalue weighted by Gasteiger charge is -2.22. The number of benzene rings is 1. The van der Waals surface area contributed by atoms with Crippen LogP contribution in [0.1, 0.15) is 29.8 Å². The largest absolute Gasteiger partial charge is 0.473 e. The Bertz CT molecular complexity index is 1010. The molecule has 0 atom stereocenters. The molecule has 0 radical (unpaired) electrons. The minimum Gasteiger partial charge on any atom is -0.473 e. The maximum atomic E-state index is 11.9. The van der Waals surface area contributed by atoms with E-state index in [1.807, 2.05) is 17.0 Å². The first kappa shape index (κ1) is 20.7. The van der Waals surface area contributed by atoms with Gasteiger partial charge in [0, 0.05) is 19.6 Å². The molecule has 1 aliphatic rings. The zero-order valence-corrected chi connectivity index (χ0v) is 17.5. The number of anilines is 1. The molecule has 0 saturated heterocycles. The maximum absolute atomic E-state index is 11.9. The first-order chi connectivity index (χ1) is 15.1. The van der Waals surface area contributed by atoms with E-state index < -0.39 is 4.92 Å². The molecule has 31 heavy (non-hydrogen) atoms. The molecular formula is C21H25N7O3. The van der Waals surface area contributed by atoms with Crippen molar-refractivity contribution >= 4 is 11.5 Å². The molecule has 1 aromatic carbocycles. The highest BCUT2D eigenvalue weighted by molar-refractivity contribution is 5.63. The Kier molecular flexibility index (Phi) is 6.34. The van der Waals surface area contributed by atoms with Crippen molar-refractivity contribution in [3.05, 3.63) is 64.0 Å². The van der Waals surface area contributed by atoms with Crippen molar-refractivity contribution in [2.75, 3.05) is 24.6 Å². The van der Waals surface area contributed by atoms with E-state index >= 15 is 0 Å². The summed E-state index contributed by atoms with van der Waals surface area (Å²) < 4.78 is 7.50. The normalized spacial score (nSPS) is 13.5. The Balaban J connectivity index is 1.47. The first-order valence-electron chi connectivity index (χ1n) is 10.4. The minimum atomic E-state index is -0.433. The Morgan fingerprint density at radius 1 is 1.13 bits per heavy atom. The molecule has 0 bridgehead atoms. The summed E-state index contributed by atoms with van der Waals surface area (Å²) in [6, 6.07) is 8.29. The molecule has 3 aromatic rings. The monoisotopic (exact) mass is 423 g/mol. The number of unbranched alkanes of at least 4 members (excludes halogenated alkanes) is 1. The van der Waals surface area contributed by atoms with Gasteiger partial charge in [-0.1, -0.05) is 24.3 Å². The summed E-state index contributed by atoms with van der Waals surface area (Å²) in [5.41, 5.74) is 2.40. The molecule has 10 heteroatoms. The van der Waals surface area contributed by atoms with Gasteiger partial charge in [0.25, 0.3) is 5.88 Å². The molecule has 0 N–H and O–H groups in total. The second-order valence-corrected chi connectivity index (χ2v) is 7.48. The van der Waals surface area contributed by atoms with E-state index in [0.717, 1.165) is 19.3 Å². The van der Waals surface area contributed by atoms with Gasteiger partial charge in [-0.05, 0) is 43.7 Å². The standard InChI is InChI=1S/C21H25N7O3/c1-16-24-20(26-11-8-17-6-2-3-7-18(17)9-12-26)19(28(29)30)21(25-16)31-13-5-4-10-27-15-22-14-23-27/h2-3,6-7,14-15H,4-5,8-13H2,1H3. The highest BCUT2D eigenvalue weighted by atomic mass is 16.6. The van der Waals surface area contributed by atoms with E-state index in [2.05, 4.69) is 32.2 Å². The lowest BCUT2D eigenvalue weighted by molar-refractivity contribution is -0.385. The quantitative estimate of drug-likeness (QED) is 0.309. The third kappa shape index (κ3) is 4.96. The van der Waals surface area contributed by atoms with E-state index in [1.54, 1.807) is 17.9 Å². The summed E-state index contributed by atoms with van der Waals surface area (Å²) in [5.74, 6) is 0.831. The van der Waals surface area contributed by atoms with Crippen molar-refractivity contribution < 1.29 is 9.66 Å². The number of aryl methyl sites for hydroxylation is 2. The maximum Gasteiger partial charge on any atom is 0.372 e. The predicted octanol–water partition coefficient (Wildman–Crippen LogP) is 2.75. The fourth-order valence-electron chi connectivity index (χ4n) is 3.78. The molecular weight excluding hydrogens is 398 g/mol. The van der Waals surface area contributed by atoms with Crippen molar-refractivity contribution in [3.63, 3.8) is 0 Å². The van der Waals surface area contributed by atoms with Crippen molar-refractivity contribution in [2.45, 2.75) is 39.2 Å². The molecule has 0 aliphatic carbocycles. The van der Waals surface area contributed by atoms with Crippen LogP contribution in [0.15, 0.2) is 36.9 Å². The summed E-state index contributed by atoms with van der Waals surface area (Å²) in [7, 11) is 0. The van der Waals surface area contributed by atoms with Crippen LogP contribution >= 0.6 is 0 Å². The van der Waals surface area contributed by atoms with Crippen LogP contribution in [0.4, 0.5) is 11.5 Å². The Morgan fingerprint density at radius 3 is 2.52 bits per heavy atom. The van der Waals surface area contributed by atoms with Crippen LogP contribution < -0.4 is 9.64 Å². The topological polar surface area (TPSA) is 112 Å². The zero-order valence-electron chi connectivity index (χ0n) is 17.5. The van der Waals surface area contributed by atoms with E-state index in [1.165, 1.54) is 17.5 Å². The number of hydrogen-bond donors (Lipinski definition) is 0. The number of ether oxygens (including phenoxy) is 1. The van der Waals surface area contributed by atoms with Crippen molar-refractivity contribution in [2.24, 2.45) is 0 Å².